The molecule has 0 bridgehead atoms. The number of carbonyl (C=O) groups is 3. The van der Waals surface area contributed by atoms with Gasteiger partial charge in [0.25, 0.3) is 5.91 Å². The molecular weight excluding hydrogens is 394 g/mol. The van der Waals surface area contributed by atoms with Crippen molar-refractivity contribution in [1.29, 1.82) is 0 Å². The Bertz CT molecular complexity index is 917. The SMILES string of the molecule is CCCCC1(c2ccccc2)NC(=O)N(CC(=O)NC2(C)CCS(=O)(=O)C2)C1=O. The molecule has 2 atom stereocenters. The normalized spacial score (nSPS) is 28.4. The summed E-state index contributed by atoms with van der Waals surface area (Å²) < 4.78 is 23.5. The standard InChI is InChI=1S/C20H27N3O5S/c1-3-4-10-20(15-8-6-5-7-9-15)17(25)23(18(26)22-20)13-16(24)21-19(2)11-12-29(27,28)14-19/h5-9H,3-4,10-14H2,1-2H3,(H,21,24)(H,22,26). The maximum Gasteiger partial charge on any atom is 0.325 e. The summed E-state index contributed by atoms with van der Waals surface area (Å²) in [5, 5.41) is 5.50. The maximum atomic E-state index is 13.3. The number of rotatable bonds is 7. The minimum atomic E-state index is -3.19. The Labute approximate surface area is 170 Å². The molecule has 2 N–H and O–H groups in total. The van der Waals surface area contributed by atoms with Crippen LogP contribution in [0.1, 0.15) is 45.1 Å². The number of hydrogen-bond acceptors (Lipinski definition) is 5. The third-order valence-electron chi connectivity index (χ3n) is 5.59. The van der Waals surface area contributed by atoms with Crippen LogP contribution >= 0.6 is 0 Å². The molecule has 2 unspecified atom stereocenters. The molecule has 1 aromatic carbocycles. The predicted octanol–water partition coefficient (Wildman–Crippen LogP) is 1.32. The highest BCUT2D eigenvalue weighted by atomic mass is 32.2. The molecule has 9 heteroatoms. The van der Waals surface area contributed by atoms with Gasteiger partial charge in [-0.1, -0.05) is 50.1 Å². The van der Waals surface area contributed by atoms with Crippen LogP contribution in [-0.2, 0) is 25.0 Å². The number of carbonyl (C=O) groups excluding carboxylic acids is 3. The van der Waals surface area contributed by atoms with Crippen molar-refractivity contribution in [3.05, 3.63) is 35.9 Å². The van der Waals surface area contributed by atoms with Crippen LogP contribution in [0.2, 0.25) is 0 Å². The van der Waals surface area contributed by atoms with Crippen LogP contribution < -0.4 is 10.6 Å². The number of nitrogens with zero attached hydrogens (tertiary/aromatic N) is 1. The van der Waals surface area contributed by atoms with Gasteiger partial charge in [-0.2, -0.15) is 0 Å². The van der Waals surface area contributed by atoms with Gasteiger partial charge in [0.15, 0.2) is 9.84 Å². The van der Waals surface area contributed by atoms with E-state index in [0.29, 0.717) is 18.4 Å². The van der Waals surface area contributed by atoms with Crippen molar-refractivity contribution in [1.82, 2.24) is 15.5 Å². The van der Waals surface area contributed by atoms with Gasteiger partial charge in [0.05, 0.1) is 17.0 Å². The number of amides is 4. The molecule has 0 saturated carbocycles. The largest absolute Gasteiger partial charge is 0.348 e. The molecule has 2 fully saturated rings. The molecule has 0 spiro atoms. The second-order valence-corrected chi connectivity index (χ2v) is 10.3. The summed E-state index contributed by atoms with van der Waals surface area (Å²) in [5.74, 6) is -1.13. The van der Waals surface area contributed by atoms with E-state index in [4.69, 9.17) is 0 Å². The quantitative estimate of drug-likeness (QED) is 0.645. The van der Waals surface area contributed by atoms with E-state index in [9.17, 15) is 22.8 Å². The zero-order valence-electron chi connectivity index (χ0n) is 16.7. The third kappa shape index (κ3) is 4.29. The fourth-order valence-electron chi connectivity index (χ4n) is 4.07. The molecule has 158 valence electrons. The van der Waals surface area contributed by atoms with E-state index in [1.165, 1.54) is 0 Å². The molecular formula is C20H27N3O5S. The summed E-state index contributed by atoms with van der Waals surface area (Å²) in [6.07, 6.45) is 2.33. The molecule has 0 radical (unpaired) electrons. The minimum absolute atomic E-state index is 0.0149. The first-order valence-electron chi connectivity index (χ1n) is 9.82. The third-order valence-corrected chi connectivity index (χ3v) is 7.50. The smallest absolute Gasteiger partial charge is 0.325 e. The topological polar surface area (TPSA) is 113 Å². The lowest BCUT2D eigenvalue weighted by Crippen LogP contribution is -2.51. The Hall–Kier alpha value is -2.42. The summed E-state index contributed by atoms with van der Waals surface area (Å²) in [5.41, 5.74) is -1.38. The van der Waals surface area contributed by atoms with E-state index in [2.05, 4.69) is 10.6 Å². The van der Waals surface area contributed by atoms with E-state index in [0.717, 1.165) is 17.7 Å². The number of unbranched alkanes of at least 4 members (excludes halogenated alkanes) is 1. The zero-order chi connectivity index (χ0) is 21.3. The Morgan fingerprint density at radius 2 is 1.93 bits per heavy atom. The molecule has 1 aromatic rings. The van der Waals surface area contributed by atoms with Crippen molar-refractivity contribution in [2.45, 2.75) is 50.6 Å². The summed E-state index contributed by atoms with van der Waals surface area (Å²) in [6.45, 7) is 3.22. The molecule has 0 aromatic heterocycles. The van der Waals surface area contributed by atoms with Crippen LogP contribution in [0.5, 0.6) is 0 Å². The Morgan fingerprint density at radius 3 is 2.52 bits per heavy atom. The van der Waals surface area contributed by atoms with Crippen LogP contribution in [0.25, 0.3) is 0 Å². The first-order valence-corrected chi connectivity index (χ1v) is 11.6. The minimum Gasteiger partial charge on any atom is -0.348 e. The van der Waals surface area contributed by atoms with Crippen molar-refractivity contribution in [3.63, 3.8) is 0 Å². The Balaban J connectivity index is 1.78. The van der Waals surface area contributed by atoms with Gasteiger partial charge < -0.3 is 10.6 Å². The lowest BCUT2D eigenvalue weighted by Gasteiger charge is -2.28. The summed E-state index contributed by atoms with van der Waals surface area (Å²) in [7, 11) is -3.19. The zero-order valence-corrected chi connectivity index (χ0v) is 17.5. The van der Waals surface area contributed by atoms with E-state index in [1.807, 2.05) is 13.0 Å². The van der Waals surface area contributed by atoms with Gasteiger partial charge in [-0.05, 0) is 25.3 Å². The van der Waals surface area contributed by atoms with Gasteiger partial charge >= 0.3 is 6.03 Å². The monoisotopic (exact) mass is 421 g/mol. The van der Waals surface area contributed by atoms with Gasteiger partial charge in [-0.25, -0.2) is 13.2 Å². The van der Waals surface area contributed by atoms with Crippen molar-refractivity contribution in [2.24, 2.45) is 0 Å². The van der Waals surface area contributed by atoms with Crippen LogP contribution in [0.3, 0.4) is 0 Å². The fourth-order valence-corrected chi connectivity index (χ4v) is 6.17. The molecule has 0 aliphatic carbocycles. The van der Waals surface area contributed by atoms with Crippen molar-refractivity contribution < 1.29 is 22.8 Å². The number of imide groups is 1. The molecule has 2 aliphatic rings. The lowest BCUT2D eigenvalue weighted by atomic mass is 9.85. The van der Waals surface area contributed by atoms with Crippen molar-refractivity contribution in [2.75, 3.05) is 18.1 Å². The molecule has 8 nitrogen and oxygen atoms in total. The van der Waals surface area contributed by atoms with Gasteiger partial charge in [-0.3, -0.25) is 14.5 Å². The van der Waals surface area contributed by atoms with Crippen molar-refractivity contribution >= 4 is 27.7 Å². The maximum absolute atomic E-state index is 13.3. The van der Waals surface area contributed by atoms with Gasteiger partial charge in [-0.15, -0.1) is 0 Å². The van der Waals surface area contributed by atoms with Crippen LogP contribution in [0.15, 0.2) is 30.3 Å². The Kier molecular flexibility index (Phi) is 5.71. The highest BCUT2D eigenvalue weighted by Gasteiger charge is 2.52. The van der Waals surface area contributed by atoms with Crippen LogP contribution in [0.4, 0.5) is 4.79 Å². The Morgan fingerprint density at radius 1 is 1.24 bits per heavy atom. The summed E-state index contributed by atoms with van der Waals surface area (Å²) in [4.78, 5) is 39.3. The number of sulfone groups is 1. The average molecular weight is 422 g/mol. The number of urea groups is 1. The van der Waals surface area contributed by atoms with E-state index in [1.54, 1.807) is 31.2 Å². The highest BCUT2D eigenvalue weighted by Crippen LogP contribution is 2.34. The fraction of sp³-hybridized carbons (Fsp3) is 0.550. The molecule has 2 saturated heterocycles. The lowest BCUT2D eigenvalue weighted by molar-refractivity contribution is -0.136. The first kappa shape index (κ1) is 21.3. The molecule has 2 aliphatic heterocycles. The number of nitrogens with one attached hydrogen (secondary N) is 2. The molecule has 3 rings (SSSR count). The second-order valence-electron chi connectivity index (χ2n) is 8.15. The summed E-state index contributed by atoms with van der Waals surface area (Å²) in [6, 6.07) is 8.41. The molecule has 2 heterocycles. The molecule has 29 heavy (non-hydrogen) atoms. The van der Waals surface area contributed by atoms with Crippen LogP contribution in [-0.4, -0.2) is 54.8 Å². The average Bonchev–Trinajstić information content (AvgIpc) is 3.07. The molecule has 4 amide bonds. The van der Waals surface area contributed by atoms with E-state index >= 15 is 0 Å². The predicted molar refractivity (Wildman–Crippen MR) is 108 cm³/mol. The second kappa shape index (κ2) is 7.78. The number of benzene rings is 1. The first-order chi connectivity index (χ1) is 13.6. The van der Waals surface area contributed by atoms with Gasteiger partial charge in [0.1, 0.15) is 12.1 Å². The number of hydrogen-bond donors (Lipinski definition) is 2. The van der Waals surface area contributed by atoms with Gasteiger partial charge in [0.2, 0.25) is 5.91 Å². The van der Waals surface area contributed by atoms with E-state index < -0.39 is 45.3 Å². The highest BCUT2D eigenvalue weighted by molar-refractivity contribution is 7.91. The van der Waals surface area contributed by atoms with Crippen molar-refractivity contribution in [3.8, 4) is 0 Å². The van der Waals surface area contributed by atoms with E-state index in [-0.39, 0.29) is 11.5 Å². The summed E-state index contributed by atoms with van der Waals surface area (Å²) >= 11 is 0. The van der Waals surface area contributed by atoms with Gasteiger partial charge in [0, 0.05) is 0 Å². The van der Waals surface area contributed by atoms with Crippen LogP contribution in [0, 0.1) is 0 Å².